The zero-order valence-corrected chi connectivity index (χ0v) is 16.2. The van der Waals surface area contributed by atoms with E-state index in [1.54, 1.807) is 12.3 Å². The number of carbonyl (C=O) groups excluding carboxylic acids is 1. The van der Waals surface area contributed by atoms with Crippen molar-refractivity contribution in [3.63, 3.8) is 0 Å². The number of hydrogen-bond acceptors (Lipinski definition) is 3. The van der Waals surface area contributed by atoms with Crippen LogP contribution in [0.2, 0.25) is 5.02 Å². The summed E-state index contributed by atoms with van der Waals surface area (Å²) in [5.74, 6) is 0.0752. The molecule has 1 N–H and O–H groups in total. The minimum Gasteiger partial charge on any atom is -0.339 e. The molecule has 4 nitrogen and oxygen atoms in total. The molecule has 1 amide bonds. The number of piperidine rings is 1. The summed E-state index contributed by atoms with van der Waals surface area (Å²) >= 11 is 6.23. The Bertz CT molecular complexity index is 752. The number of hydrogen-bond donors (Lipinski definition) is 1. The number of nitrogens with zero attached hydrogens (tertiary/aromatic N) is 2. The molecule has 2 saturated heterocycles. The van der Waals surface area contributed by atoms with Crippen LogP contribution >= 0.6 is 36.4 Å². The zero-order valence-electron chi connectivity index (χ0n) is 13.8. The minimum absolute atomic E-state index is 0. The van der Waals surface area contributed by atoms with Gasteiger partial charge in [-0.15, -0.1) is 24.8 Å². The van der Waals surface area contributed by atoms with Gasteiger partial charge in [0.15, 0.2) is 0 Å². The van der Waals surface area contributed by atoms with Gasteiger partial charge in [0.2, 0.25) is 0 Å². The van der Waals surface area contributed by atoms with E-state index < -0.39 is 0 Å². The Morgan fingerprint density at radius 1 is 1.16 bits per heavy atom. The lowest BCUT2D eigenvalue weighted by molar-refractivity contribution is 0.0609. The molecule has 0 unspecified atom stereocenters. The van der Waals surface area contributed by atoms with E-state index in [1.165, 1.54) is 6.42 Å². The van der Waals surface area contributed by atoms with Gasteiger partial charge in [0.05, 0.1) is 16.1 Å². The minimum atomic E-state index is 0. The third-order valence-electron chi connectivity index (χ3n) is 5.39. The number of benzene rings is 1. The second kappa shape index (κ2) is 8.09. The van der Waals surface area contributed by atoms with Crippen molar-refractivity contribution in [3.8, 4) is 0 Å². The highest BCUT2D eigenvalue weighted by Gasteiger charge is 2.38. The van der Waals surface area contributed by atoms with Crippen molar-refractivity contribution in [1.29, 1.82) is 0 Å². The SMILES string of the molecule is Cl.Cl.O=C(c1ccc(Cl)c2cccnc12)N1CCC2(CCNC2)CC1. The molecule has 2 aliphatic heterocycles. The number of likely N-dealkylation sites (tertiary alicyclic amines) is 1. The van der Waals surface area contributed by atoms with Crippen LogP contribution in [0.25, 0.3) is 10.9 Å². The number of aromatic nitrogens is 1. The smallest absolute Gasteiger partial charge is 0.256 e. The van der Waals surface area contributed by atoms with E-state index in [4.69, 9.17) is 11.6 Å². The molecule has 0 atom stereocenters. The summed E-state index contributed by atoms with van der Waals surface area (Å²) in [5.41, 5.74) is 1.77. The summed E-state index contributed by atoms with van der Waals surface area (Å²) in [6.45, 7) is 3.87. The quantitative estimate of drug-likeness (QED) is 0.785. The van der Waals surface area contributed by atoms with Crippen molar-refractivity contribution < 1.29 is 4.79 Å². The first-order valence-corrected chi connectivity index (χ1v) is 8.60. The Morgan fingerprint density at radius 3 is 2.60 bits per heavy atom. The lowest BCUT2D eigenvalue weighted by atomic mass is 9.78. The van der Waals surface area contributed by atoms with Gasteiger partial charge in [-0.3, -0.25) is 9.78 Å². The van der Waals surface area contributed by atoms with E-state index in [0.29, 0.717) is 21.5 Å². The second-order valence-corrected chi connectivity index (χ2v) is 7.12. The predicted octanol–water partition coefficient (Wildman–Crippen LogP) is 3.95. The molecule has 3 heterocycles. The maximum absolute atomic E-state index is 13.0. The van der Waals surface area contributed by atoms with Gasteiger partial charge in [-0.25, -0.2) is 0 Å². The van der Waals surface area contributed by atoms with Crippen molar-refractivity contribution in [2.45, 2.75) is 19.3 Å². The van der Waals surface area contributed by atoms with Gasteiger partial charge in [-0.2, -0.15) is 0 Å². The van der Waals surface area contributed by atoms with Crippen molar-refractivity contribution in [3.05, 3.63) is 41.0 Å². The average Bonchev–Trinajstić information content (AvgIpc) is 3.04. The molecule has 0 bridgehead atoms. The van der Waals surface area contributed by atoms with Crippen molar-refractivity contribution in [1.82, 2.24) is 15.2 Å². The molecule has 1 aromatic heterocycles. The summed E-state index contributed by atoms with van der Waals surface area (Å²) < 4.78 is 0. The van der Waals surface area contributed by atoms with Gasteiger partial charge in [0, 0.05) is 31.2 Å². The standard InChI is InChI=1S/C18H20ClN3O.2ClH/c19-15-4-3-14(16-13(15)2-1-8-21-16)17(23)22-10-6-18(7-11-22)5-9-20-12-18;;/h1-4,8,20H,5-7,9-12H2;2*1H. The first-order valence-electron chi connectivity index (χ1n) is 8.22. The van der Waals surface area contributed by atoms with Gasteiger partial charge < -0.3 is 10.2 Å². The van der Waals surface area contributed by atoms with Crippen LogP contribution in [-0.4, -0.2) is 42.0 Å². The van der Waals surface area contributed by atoms with Crippen LogP contribution in [0.4, 0.5) is 0 Å². The van der Waals surface area contributed by atoms with Gasteiger partial charge in [-0.05, 0) is 55.5 Å². The molecule has 0 radical (unpaired) electrons. The second-order valence-electron chi connectivity index (χ2n) is 6.71. The molecule has 0 aliphatic carbocycles. The van der Waals surface area contributed by atoms with Gasteiger partial charge in [-0.1, -0.05) is 11.6 Å². The summed E-state index contributed by atoms with van der Waals surface area (Å²) in [5, 5.41) is 4.94. The van der Waals surface area contributed by atoms with E-state index in [9.17, 15) is 4.79 Å². The Kier molecular flexibility index (Phi) is 6.55. The third kappa shape index (κ3) is 3.72. The number of pyridine rings is 1. The maximum atomic E-state index is 13.0. The van der Waals surface area contributed by atoms with E-state index in [-0.39, 0.29) is 30.7 Å². The van der Waals surface area contributed by atoms with E-state index in [1.807, 2.05) is 23.1 Å². The van der Waals surface area contributed by atoms with Crippen LogP contribution in [0.3, 0.4) is 0 Å². The van der Waals surface area contributed by atoms with E-state index in [0.717, 1.165) is 44.4 Å². The largest absolute Gasteiger partial charge is 0.339 e. The van der Waals surface area contributed by atoms with Crippen molar-refractivity contribution in [2.75, 3.05) is 26.2 Å². The van der Waals surface area contributed by atoms with Gasteiger partial charge in [0.25, 0.3) is 5.91 Å². The Labute approximate surface area is 165 Å². The van der Waals surface area contributed by atoms with E-state index in [2.05, 4.69) is 10.3 Å². The monoisotopic (exact) mass is 401 g/mol. The molecule has 1 spiro atoms. The normalized spacial score (nSPS) is 18.7. The maximum Gasteiger partial charge on any atom is 0.256 e. The van der Waals surface area contributed by atoms with Crippen LogP contribution in [0.5, 0.6) is 0 Å². The fraction of sp³-hybridized carbons (Fsp3) is 0.444. The number of rotatable bonds is 1. The Morgan fingerprint density at radius 2 is 1.92 bits per heavy atom. The highest BCUT2D eigenvalue weighted by atomic mass is 35.5. The first-order chi connectivity index (χ1) is 11.2. The average molecular weight is 403 g/mol. The molecule has 4 rings (SSSR count). The summed E-state index contributed by atoms with van der Waals surface area (Å²) in [6, 6.07) is 7.36. The van der Waals surface area contributed by atoms with Crippen molar-refractivity contribution in [2.24, 2.45) is 5.41 Å². The summed E-state index contributed by atoms with van der Waals surface area (Å²) in [4.78, 5) is 19.3. The first kappa shape index (κ1) is 20.2. The molecule has 7 heteroatoms. The highest BCUT2D eigenvalue weighted by Crippen LogP contribution is 2.37. The molecule has 2 aliphatic rings. The topological polar surface area (TPSA) is 45.2 Å². The Balaban J connectivity index is 0.00000113. The predicted molar refractivity (Wildman–Crippen MR) is 106 cm³/mol. The van der Waals surface area contributed by atoms with Crippen molar-refractivity contribution >= 4 is 53.2 Å². The van der Waals surface area contributed by atoms with Crippen LogP contribution in [0, 0.1) is 5.41 Å². The molecule has 25 heavy (non-hydrogen) atoms. The number of carbonyl (C=O) groups is 1. The van der Waals surface area contributed by atoms with E-state index >= 15 is 0 Å². The molecular weight excluding hydrogens is 381 g/mol. The van der Waals surface area contributed by atoms with Gasteiger partial charge in [0.1, 0.15) is 0 Å². The third-order valence-corrected chi connectivity index (χ3v) is 5.72. The summed E-state index contributed by atoms with van der Waals surface area (Å²) in [7, 11) is 0. The highest BCUT2D eigenvalue weighted by molar-refractivity contribution is 6.36. The fourth-order valence-electron chi connectivity index (χ4n) is 3.89. The fourth-order valence-corrected chi connectivity index (χ4v) is 4.10. The van der Waals surface area contributed by atoms with Crippen LogP contribution in [0.15, 0.2) is 30.5 Å². The Hall–Kier alpha value is -1.07. The molecular formula is C18H22Cl3N3O. The molecule has 2 aromatic rings. The lowest BCUT2D eigenvalue weighted by Gasteiger charge is -2.39. The molecule has 2 fully saturated rings. The zero-order chi connectivity index (χ0) is 15.9. The van der Waals surface area contributed by atoms with Crippen LogP contribution in [0.1, 0.15) is 29.6 Å². The number of nitrogens with one attached hydrogen (secondary N) is 1. The van der Waals surface area contributed by atoms with Gasteiger partial charge >= 0.3 is 0 Å². The summed E-state index contributed by atoms with van der Waals surface area (Å²) in [6.07, 6.45) is 5.13. The lowest BCUT2D eigenvalue weighted by Crippen LogP contribution is -2.44. The molecule has 136 valence electrons. The number of amides is 1. The number of halogens is 3. The van der Waals surface area contributed by atoms with Crippen LogP contribution in [-0.2, 0) is 0 Å². The molecule has 1 aromatic carbocycles. The van der Waals surface area contributed by atoms with Crippen LogP contribution < -0.4 is 5.32 Å². The number of fused-ring (bicyclic) bond motifs is 1. The molecule has 0 saturated carbocycles.